The van der Waals surface area contributed by atoms with Crippen molar-refractivity contribution in [1.82, 2.24) is 24.7 Å². The number of amides is 2. The fourth-order valence-electron chi connectivity index (χ4n) is 3.18. The Morgan fingerprint density at radius 3 is 2.31 bits per heavy atom. The van der Waals surface area contributed by atoms with Crippen molar-refractivity contribution in [3.05, 3.63) is 59.7 Å². The van der Waals surface area contributed by atoms with Gasteiger partial charge in [0.1, 0.15) is 5.69 Å². The summed E-state index contributed by atoms with van der Waals surface area (Å²) in [5.41, 5.74) is 2.12. The molecule has 1 aromatic carbocycles. The molecule has 2 aromatic rings. The molecule has 32 heavy (non-hydrogen) atoms. The van der Waals surface area contributed by atoms with Crippen LogP contribution in [0.5, 0.6) is 0 Å². The summed E-state index contributed by atoms with van der Waals surface area (Å²) in [5.74, 6) is -0.195. The van der Waals surface area contributed by atoms with E-state index < -0.39 is 0 Å². The highest BCUT2D eigenvalue weighted by Crippen LogP contribution is 2.09. The lowest BCUT2D eigenvalue weighted by Gasteiger charge is -2.27. The standard InChI is InChI=1S/C24H35N5O3/c1-20-17-26-22(18-25-20)24(31)28(12-8-16-32-4)13-11-23(30)29(15-14-27(2)3)19-21-9-6-5-7-10-21/h5-7,9-10,17-18H,8,11-16,19H2,1-4H3. The van der Waals surface area contributed by atoms with Crippen molar-refractivity contribution in [3.63, 3.8) is 0 Å². The maximum Gasteiger partial charge on any atom is 0.274 e. The van der Waals surface area contributed by atoms with E-state index in [2.05, 4.69) is 14.9 Å². The molecule has 0 fully saturated rings. The third-order valence-corrected chi connectivity index (χ3v) is 5.05. The molecule has 8 heteroatoms. The van der Waals surface area contributed by atoms with E-state index in [9.17, 15) is 9.59 Å². The van der Waals surface area contributed by atoms with Gasteiger partial charge < -0.3 is 19.4 Å². The van der Waals surface area contributed by atoms with E-state index in [4.69, 9.17) is 4.74 Å². The Bertz CT molecular complexity index is 827. The average Bonchev–Trinajstić information content (AvgIpc) is 2.79. The van der Waals surface area contributed by atoms with Gasteiger partial charge >= 0.3 is 0 Å². The molecule has 0 spiro atoms. The van der Waals surface area contributed by atoms with Gasteiger partial charge in [-0.1, -0.05) is 30.3 Å². The number of likely N-dealkylation sites (N-methyl/N-ethyl adjacent to an activating group) is 1. The van der Waals surface area contributed by atoms with Crippen molar-refractivity contribution in [2.75, 3.05) is 54.0 Å². The molecule has 2 rings (SSSR count). The number of hydrogen-bond donors (Lipinski definition) is 0. The fraction of sp³-hybridized carbons (Fsp3) is 0.500. The number of carbonyl (C=O) groups is 2. The molecule has 0 bridgehead atoms. The number of rotatable bonds is 13. The monoisotopic (exact) mass is 441 g/mol. The van der Waals surface area contributed by atoms with Crippen LogP contribution in [0.25, 0.3) is 0 Å². The summed E-state index contributed by atoms with van der Waals surface area (Å²) in [7, 11) is 5.61. The van der Waals surface area contributed by atoms with Gasteiger partial charge in [-0.2, -0.15) is 0 Å². The van der Waals surface area contributed by atoms with Gasteiger partial charge in [-0.05, 0) is 33.0 Å². The zero-order valence-corrected chi connectivity index (χ0v) is 19.7. The normalized spacial score (nSPS) is 10.9. The molecule has 1 aromatic heterocycles. The van der Waals surface area contributed by atoms with Crippen molar-refractivity contribution in [1.29, 1.82) is 0 Å². The zero-order chi connectivity index (χ0) is 23.3. The lowest BCUT2D eigenvalue weighted by Crippen LogP contribution is -2.40. The summed E-state index contributed by atoms with van der Waals surface area (Å²) in [4.78, 5) is 40.1. The van der Waals surface area contributed by atoms with Crippen LogP contribution in [0.4, 0.5) is 0 Å². The molecule has 174 valence electrons. The summed E-state index contributed by atoms with van der Waals surface area (Å²) < 4.78 is 5.13. The molecular formula is C24H35N5O3. The first-order chi connectivity index (χ1) is 15.4. The number of nitrogens with zero attached hydrogens (tertiary/aromatic N) is 5. The third kappa shape index (κ3) is 8.72. The second-order valence-electron chi connectivity index (χ2n) is 8.04. The number of hydrogen-bond acceptors (Lipinski definition) is 6. The van der Waals surface area contributed by atoms with Gasteiger partial charge in [0.05, 0.1) is 11.9 Å². The van der Waals surface area contributed by atoms with Crippen LogP contribution in [0.1, 0.15) is 34.6 Å². The van der Waals surface area contributed by atoms with E-state index >= 15 is 0 Å². The van der Waals surface area contributed by atoms with Gasteiger partial charge in [-0.15, -0.1) is 0 Å². The first kappa shape index (κ1) is 25.4. The van der Waals surface area contributed by atoms with Gasteiger partial charge in [-0.3, -0.25) is 14.6 Å². The van der Waals surface area contributed by atoms with Crippen LogP contribution in [-0.2, 0) is 16.1 Å². The molecule has 0 saturated heterocycles. The van der Waals surface area contributed by atoms with Gasteiger partial charge in [0.25, 0.3) is 5.91 Å². The first-order valence-electron chi connectivity index (χ1n) is 10.9. The summed E-state index contributed by atoms with van der Waals surface area (Å²) in [6.45, 7) is 5.13. The maximum absolute atomic E-state index is 13.1. The molecule has 1 heterocycles. The predicted molar refractivity (Wildman–Crippen MR) is 124 cm³/mol. The van der Waals surface area contributed by atoms with Crippen LogP contribution in [-0.4, -0.2) is 90.5 Å². The number of aryl methyl sites for hydroxylation is 1. The Balaban J connectivity index is 2.06. The molecule has 8 nitrogen and oxygen atoms in total. The highest BCUT2D eigenvalue weighted by molar-refractivity contribution is 5.92. The minimum atomic E-state index is -0.218. The van der Waals surface area contributed by atoms with Crippen molar-refractivity contribution >= 4 is 11.8 Å². The molecule has 2 amide bonds. The average molecular weight is 442 g/mol. The predicted octanol–water partition coefficient (Wildman–Crippen LogP) is 2.24. The van der Waals surface area contributed by atoms with Crippen LogP contribution >= 0.6 is 0 Å². The van der Waals surface area contributed by atoms with Gasteiger partial charge in [0.15, 0.2) is 0 Å². The van der Waals surface area contributed by atoms with E-state index in [1.807, 2.05) is 56.3 Å². The minimum Gasteiger partial charge on any atom is -0.385 e. The van der Waals surface area contributed by atoms with E-state index in [1.54, 1.807) is 18.2 Å². The number of carbonyl (C=O) groups excluding carboxylic acids is 2. The molecule has 0 unspecified atom stereocenters. The SMILES string of the molecule is COCCCN(CCC(=O)N(CCN(C)C)Cc1ccccc1)C(=O)c1cnc(C)cn1. The summed E-state index contributed by atoms with van der Waals surface area (Å²) >= 11 is 0. The van der Waals surface area contributed by atoms with E-state index in [-0.39, 0.29) is 23.9 Å². The lowest BCUT2D eigenvalue weighted by molar-refractivity contribution is -0.132. The lowest BCUT2D eigenvalue weighted by atomic mass is 10.2. The highest BCUT2D eigenvalue weighted by atomic mass is 16.5. The second kappa shape index (κ2) is 13.5. The summed E-state index contributed by atoms with van der Waals surface area (Å²) in [5, 5.41) is 0. The van der Waals surface area contributed by atoms with E-state index in [0.717, 1.165) is 17.8 Å². The smallest absolute Gasteiger partial charge is 0.274 e. The van der Waals surface area contributed by atoms with Crippen molar-refractivity contribution < 1.29 is 14.3 Å². The maximum atomic E-state index is 13.1. The Labute approximate surface area is 191 Å². The van der Waals surface area contributed by atoms with Gasteiger partial charge in [-0.25, -0.2) is 4.98 Å². The highest BCUT2D eigenvalue weighted by Gasteiger charge is 2.21. The van der Waals surface area contributed by atoms with Crippen LogP contribution in [0, 0.1) is 6.92 Å². The van der Waals surface area contributed by atoms with E-state index in [0.29, 0.717) is 39.2 Å². The van der Waals surface area contributed by atoms with Crippen LogP contribution in [0.2, 0.25) is 0 Å². The van der Waals surface area contributed by atoms with Gasteiger partial charge in [0.2, 0.25) is 5.91 Å². The van der Waals surface area contributed by atoms with Crippen LogP contribution in [0.3, 0.4) is 0 Å². The minimum absolute atomic E-state index is 0.0234. The number of aromatic nitrogens is 2. The molecular weight excluding hydrogens is 406 g/mol. The Morgan fingerprint density at radius 1 is 0.938 bits per heavy atom. The molecule has 0 aliphatic heterocycles. The van der Waals surface area contributed by atoms with Crippen molar-refractivity contribution in [2.45, 2.75) is 26.3 Å². The summed E-state index contributed by atoms with van der Waals surface area (Å²) in [6.07, 6.45) is 4.00. The third-order valence-electron chi connectivity index (χ3n) is 5.05. The van der Waals surface area contributed by atoms with Gasteiger partial charge in [0, 0.05) is 59.1 Å². The van der Waals surface area contributed by atoms with Crippen LogP contribution < -0.4 is 0 Å². The number of benzene rings is 1. The molecule has 0 atom stereocenters. The zero-order valence-electron chi connectivity index (χ0n) is 19.7. The summed E-state index contributed by atoms with van der Waals surface area (Å²) in [6, 6.07) is 9.96. The second-order valence-corrected chi connectivity index (χ2v) is 8.04. The number of ether oxygens (including phenoxy) is 1. The first-order valence-corrected chi connectivity index (χ1v) is 10.9. The molecule has 0 aliphatic rings. The van der Waals surface area contributed by atoms with Crippen molar-refractivity contribution in [3.8, 4) is 0 Å². The molecule has 0 aliphatic carbocycles. The molecule has 0 N–H and O–H groups in total. The Morgan fingerprint density at radius 2 is 1.69 bits per heavy atom. The molecule has 0 saturated carbocycles. The van der Waals surface area contributed by atoms with Crippen LogP contribution in [0.15, 0.2) is 42.7 Å². The Hall–Kier alpha value is -2.84. The molecule has 0 radical (unpaired) electrons. The topological polar surface area (TPSA) is 78.9 Å². The quantitative estimate of drug-likeness (QED) is 0.444. The number of methoxy groups -OCH3 is 1. The Kier molecular flexibility index (Phi) is 10.8. The van der Waals surface area contributed by atoms with E-state index in [1.165, 1.54) is 6.20 Å². The largest absolute Gasteiger partial charge is 0.385 e. The van der Waals surface area contributed by atoms with Crippen molar-refractivity contribution in [2.24, 2.45) is 0 Å². The fourth-order valence-corrected chi connectivity index (χ4v) is 3.18.